The van der Waals surface area contributed by atoms with Gasteiger partial charge in [0.1, 0.15) is 6.29 Å². The molecule has 62 valence electrons. The fraction of sp³-hybridized carbons (Fsp3) is 0.500. The summed E-state index contributed by atoms with van der Waals surface area (Å²) in [5.74, 6) is -4.31. The lowest BCUT2D eigenvalue weighted by Crippen LogP contribution is -2.36. The Morgan fingerprint density at radius 2 is 1.91 bits per heavy atom. The molecule has 0 heterocycles. The molecule has 0 aliphatic heterocycles. The maximum absolute atomic E-state index is 10.1. The van der Waals surface area contributed by atoms with Crippen LogP contribution >= 0.6 is 0 Å². The maximum atomic E-state index is 10.1. The third-order valence-corrected chi connectivity index (χ3v) is 1.13. The van der Waals surface area contributed by atoms with E-state index in [-0.39, 0.29) is 6.42 Å². The minimum atomic E-state index is -1.54. The zero-order valence-electron chi connectivity index (χ0n) is 5.61. The largest absolute Gasteiger partial charge is 0.550 e. The van der Waals surface area contributed by atoms with E-state index in [1.807, 2.05) is 0 Å². The molecule has 0 N–H and O–H groups in total. The van der Waals surface area contributed by atoms with Crippen LogP contribution in [0.15, 0.2) is 0 Å². The Hall–Kier alpha value is -1.39. The summed E-state index contributed by atoms with van der Waals surface area (Å²) in [5.41, 5.74) is 0. The van der Waals surface area contributed by atoms with Gasteiger partial charge in [0, 0.05) is 24.3 Å². The van der Waals surface area contributed by atoms with Crippen LogP contribution in [0.3, 0.4) is 0 Å². The van der Waals surface area contributed by atoms with Crippen LogP contribution in [0, 0.1) is 5.92 Å². The van der Waals surface area contributed by atoms with Crippen LogP contribution < -0.4 is 10.2 Å². The van der Waals surface area contributed by atoms with Crippen molar-refractivity contribution in [3.63, 3.8) is 0 Å². The van der Waals surface area contributed by atoms with Crippen LogP contribution in [0.4, 0.5) is 0 Å². The lowest BCUT2D eigenvalue weighted by Gasteiger charge is -2.14. The van der Waals surface area contributed by atoms with Gasteiger partial charge in [0.25, 0.3) is 0 Å². The number of carbonyl (C=O) groups is 3. The number of aldehydes is 1. The third-order valence-electron chi connectivity index (χ3n) is 1.13. The number of carboxylic acids is 2. The van der Waals surface area contributed by atoms with E-state index < -0.39 is 24.3 Å². The van der Waals surface area contributed by atoms with Gasteiger partial charge in [-0.1, -0.05) is 0 Å². The lowest BCUT2D eigenvalue weighted by molar-refractivity contribution is -0.320. The molecule has 0 rings (SSSR count). The number of carboxylic acid groups (broad SMARTS) is 2. The predicted octanol–water partition coefficient (Wildman–Crippen LogP) is -2.92. The first kappa shape index (κ1) is 9.61. The first-order chi connectivity index (χ1) is 5.07. The van der Waals surface area contributed by atoms with E-state index in [2.05, 4.69) is 0 Å². The molecular weight excluding hydrogens is 152 g/mol. The molecule has 11 heavy (non-hydrogen) atoms. The molecule has 1 unspecified atom stereocenters. The summed E-state index contributed by atoms with van der Waals surface area (Å²) in [7, 11) is 0. The average molecular weight is 158 g/mol. The molecule has 0 spiro atoms. The van der Waals surface area contributed by atoms with Gasteiger partial charge in [-0.25, -0.2) is 0 Å². The SMILES string of the molecule is O=CCC(CC(=O)[O-])C(=O)[O-]. The monoisotopic (exact) mass is 158 g/mol. The van der Waals surface area contributed by atoms with Gasteiger partial charge in [-0.3, -0.25) is 0 Å². The van der Waals surface area contributed by atoms with E-state index in [1.165, 1.54) is 0 Å². The number of carbonyl (C=O) groups excluding carboxylic acids is 3. The Morgan fingerprint density at radius 1 is 1.36 bits per heavy atom. The molecule has 0 bridgehead atoms. The fourth-order valence-electron chi connectivity index (χ4n) is 0.580. The summed E-state index contributed by atoms with van der Waals surface area (Å²) in [6.45, 7) is 0. The van der Waals surface area contributed by atoms with Crippen LogP contribution in [-0.2, 0) is 14.4 Å². The minimum absolute atomic E-state index is 0.337. The molecule has 0 aromatic heterocycles. The van der Waals surface area contributed by atoms with Crippen LogP contribution in [0.1, 0.15) is 12.8 Å². The quantitative estimate of drug-likeness (QED) is 0.399. The van der Waals surface area contributed by atoms with Gasteiger partial charge in [0.2, 0.25) is 0 Å². The second kappa shape index (κ2) is 4.43. The zero-order chi connectivity index (χ0) is 8.85. The van der Waals surface area contributed by atoms with E-state index >= 15 is 0 Å². The molecule has 0 aromatic rings. The highest BCUT2D eigenvalue weighted by atomic mass is 16.4. The third kappa shape index (κ3) is 4.07. The summed E-state index contributed by atoms with van der Waals surface area (Å²) < 4.78 is 0. The van der Waals surface area contributed by atoms with Crippen LogP contribution in [-0.4, -0.2) is 18.2 Å². The van der Waals surface area contributed by atoms with Crippen molar-refractivity contribution in [3.8, 4) is 0 Å². The molecule has 0 saturated carbocycles. The van der Waals surface area contributed by atoms with Crippen molar-refractivity contribution in [2.45, 2.75) is 12.8 Å². The highest BCUT2D eigenvalue weighted by Crippen LogP contribution is 2.03. The molecule has 1 atom stereocenters. The first-order valence-corrected chi connectivity index (χ1v) is 2.92. The highest BCUT2D eigenvalue weighted by molar-refractivity contribution is 5.77. The molecule has 0 amide bonds. The van der Waals surface area contributed by atoms with Crippen molar-refractivity contribution < 1.29 is 24.6 Å². The second-order valence-corrected chi connectivity index (χ2v) is 1.99. The molecule has 5 nitrogen and oxygen atoms in total. The Bertz CT molecular complexity index is 174. The van der Waals surface area contributed by atoms with E-state index in [9.17, 15) is 24.6 Å². The van der Waals surface area contributed by atoms with Crippen LogP contribution in [0.5, 0.6) is 0 Å². The second-order valence-electron chi connectivity index (χ2n) is 1.99. The highest BCUT2D eigenvalue weighted by Gasteiger charge is 2.08. The molecule has 0 fully saturated rings. The van der Waals surface area contributed by atoms with E-state index in [1.54, 1.807) is 0 Å². The molecule has 0 aliphatic rings. The molecule has 0 aliphatic carbocycles. The van der Waals surface area contributed by atoms with Gasteiger partial charge in [-0.15, -0.1) is 0 Å². The van der Waals surface area contributed by atoms with Gasteiger partial charge in [0.05, 0.1) is 0 Å². The lowest BCUT2D eigenvalue weighted by atomic mass is 10.0. The molecule has 0 saturated heterocycles. The van der Waals surface area contributed by atoms with Gasteiger partial charge < -0.3 is 24.6 Å². The molecule has 5 heteroatoms. The van der Waals surface area contributed by atoms with Crippen molar-refractivity contribution in [2.24, 2.45) is 5.92 Å². The van der Waals surface area contributed by atoms with Gasteiger partial charge in [-0.05, 0) is 6.42 Å². The smallest absolute Gasteiger partial charge is 0.120 e. The van der Waals surface area contributed by atoms with E-state index in [4.69, 9.17) is 0 Å². The van der Waals surface area contributed by atoms with E-state index in [0.29, 0.717) is 6.29 Å². The van der Waals surface area contributed by atoms with Crippen molar-refractivity contribution in [1.29, 1.82) is 0 Å². The Morgan fingerprint density at radius 3 is 2.18 bits per heavy atom. The number of hydrogen-bond donors (Lipinski definition) is 0. The topological polar surface area (TPSA) is 97.3 Å². The minimum Gasteiger partial charge on any atom is -0.550 e. The average Bonchev–Trinajstić information content (AvgIpc) is 1.86. The zero-order valence-corrected chi connectivity index (χ0v) is 5.61. The predicted molar refractivity (Wildman–Crippen MR) is 28.8 cm³/mol. The normalized spacial score (nSPS) is 12.0. The number of rotatable bonds is 5. The standard InChI is InChI=1S/C6H8O5/c7-2-1-4(6(10)11)3-5(8)9/h2,4H,1,3H2,(H,8,9)(H,10,11)/p-2. The van der Waals surface area contributed by atoms with Gasteiger partial charge in [0.15, 0.2) is 0 Å². The number of aliphatic carboxylic acids is 2. The number of hydrogen-bond acceptors (Lipinski definition) is 5. The Labute approximate surface area is 62.6 Å². The Balaban J connectivity index is 3.99. The van der Waals surface area contributed by atoms with Gasteiger partial charge >= 0.3 is 0 Å². The van der Waals surface area contributed by atoms with Crippen LogP contribution in [0.2, 0.25) is 0 Å². The Kier molecular flexibility index (Phi) is 3.87. The summed E-state index contributed by atoms with van der Waals surface area (Å²) in [6.07, 6.45) is -0.694. The van der Waals surface area contributed by atoms with Crippen molar-refractivity contribution in [2.75, 3.05) is 0 Å². The van der Waals surface area contributed by atoms with Gasteiger partial charge in [-0.2, -0.15) is 0 Å². The maximum Gasteiger partial charge on any atom is 0.120 e. The van der Waals surface area contributed by atoms with Crippen LogP contribution in [0.25, 0.3) is 0 Å². The molecule has 0 radical (unpaired) electrons. The molecule has 0 aromatic carbocycles. The fourth-order valence-corrected chi connectivity index (χ4v) is 0.580. The first-order valence-electron chi connectivity index (χ1n) is 2.92. The summed E-state index contributed by atoms with van der Waals surface area (Å²) >= 11 is 0. The molecular formula is C6H6O5-2. The van der Waals surface area contributed by atoms with E-state index in [0.717, 1.165) is 0 Å². The summed E-state index contributed by atoms with van der Waals surface area (Å²) in [4.78, 5) is 29.7. The summed E-state index contributed by atoms with van der Waals surface area (Å²) in [5, 5.41) is 19.9. The van der Waals surface area contributed by atoms with Crippen molar-refractivity contribution in [3.05, 3.63) is 0 Å². The summed E-state index contributed by atoms with van der Waals surface area (Å²) in [6, 6.07) is 0. The van der Waals surface area contributed by atoms with Crippen molar-refractivity contribution in [1.82, 2.24) is 0 Å². The van der Waals surface area contributed by atoms with Crippen molar-refractivity contribution >= 4 is 18.2 Å².